The second-order valence-corrected chi connectivity index (χ2v) is 9.21. The number of nitrogens with one attached hydrogen (secondary N) is 1. The molecule has 1 unspecified atom stereocenters. The third-order valence-electron chi connectivity index (χ3n) is 4.45. The maximum Gasteiger partial charge on any atom is 0.279 e. The van der Waals surface area contributed by atoms with E-state index in [0.717, 1.165) is 29.8 Å². The van der Waals surface area contributed by atoms with Crippen molar-refractivity contribution < 1.29 is 8.42 Å². The maximum atomic E-state index is 12.3. The van der Waals surface area contributed by atoms with Gasteiger partial charge in [0.2, 0.25) is 0 Å². The summed E-state index contributed by atoms with van der Waals surface area (Å²) < 4.78 is 30.5. The number of rotatable bonds is 4. The van der Waals surface area contributed by atoms with Gasteiger partial charge in [-0.25, -0.2) is 4.68 Å². The van der Waals surface area contributed by atoms with Crippen LogP contribution in [0, 0.1) is 5.41 Å². The van der Waals surface area contributed by atoms with Crippen LogP contribution >= 0.6 is 0 Å². The molecular weight excluding hydrogens is 324 g/mol. The summed E-state index contributed by atoms with van der Waals surface area (Å²) >= 11 is 0. The molecule has 130 valence electrons. The lowest BCUT2D eigenvalue weighted by Crippen LogP contribution is -2.41. The molecule has 24 heavy (non-hydrogen) atoms. The van der Waals surface area contributed by atoms with Gasteiger partial charge in [-0.05, 0) is 30.4 Å². The topological polar surface area (TPSA) is 67.2 Å². The quantitative estimate of drug-likeness (QED) is 0.922. The predicted octanol–water partition coefficient (Wildman–Crippen LogP) is 2.28. The van der Waals surface area contributed by atoms with Crippen molar-refractivity contribution in [3.63, 3.8) is 0 Å². The van der Waals surface area contributed by atoms with Gasteiger partial charge in [0, 0.05) is 25.4 Å². The first-order chi connectivity index (χ1) is 11.2. The third-order valence-corrected chi connectivity index (χ3v) is 6.00. The number of aromatic nitrogens is 2. The van der Waals surface area contributed by atoms with Crippen LogP contribution in [0.2, 0.25) is 0 Å². The van der Waals surface area contributed by atoms with Crippen LogP contribution in [0.25, 0.3) is 5.69 Å². The van der Waals surface area contributed by atoms with E-state index in [0.29, 0.717) is 0 Å². The molecule has 1 atom stereocenters. The molecule has 0 radical (unpaired) electrons. The van der Waals surface area contributed by atoms with Crippen LogP contribution in [0.4, 0.5) is 0 Å². The van der Waals surface area contributed by atoms with Gasteiger partial charge < -0.3 is 0 Å². The molecule has 1 aromatic carbocycles. The fourth-order valence-electron chi connectivity index (χ4n) is 3.22. The molecule has 1 heterocycles. The summed E-state index contributed by atoms with van der Waals surface area (Å²) in [5, 5.41) is 4.53. The molecule has 1 aromatic heterocycles. The fraction of sp³-hybridized carbons (Fsp3) is 0.471. The van der Waals surface area contributed by atoms with Crippen molar-refractivity contribution in [2.45, 2.75) is 32.7 Å². The summed E-state index contributed by atoms with van der Waals surface area (Å²) in [5.41, 5.74) is 3.01. The molecule has 1 aliphatic carbocycles. The van der Waals surface area contributed by atoms with E-state index in [1.165, 1.54) is 18.4 Å². The lowest BCUT2D eigenvalue weighted by atomic mass is 9.74. The number of fused-ring (bicyclic) bond motifs is 1. The summed E-state index contributed by atoms with van der Waals surface area (Å²) in [6.45, 7) is 4.32. The zero-order chi connectivity index (χ0) is 17.5. The third kappa shape index (κ3) is 3.24. The molecule has 7 heteroatoms. The molecule has 1 N–H and O–H groups in total. The van der Waals surface area contributed by atoms with E-state index in [4.69, 9.17) is 0 Å². The molecule has 3 rings (SSSR count). The van der Waals surface area contributed by atoms with Crippen LogP contribution in [0.3, 0.4) is 0 Å². The Morgan fingerprint density at radius 2 is 1.92 bits per heavy atom. The molecule has 0 fully saturated rings. The normalized spacial score (nSPS) is 20.1. The fourth-order valence-corrected chi connectivity index (χ4v) is 4.01. The van der Waals surface area contributed by atoms with E-state index in [-0.39, 0.29) is 11.5 Å². The molecule has 1 aliphatic rings. The number of hydrogen-bond acceptors (Lipinski definition) is 3. The Bertz CT molecular complexity index is 826. The zero-order valence-corrected chi connectivity index (χ0v) is 15.3. The maximum absolute atomic E-state index is 12.3. The Morgan fingerprint density at radius 1 is 1.25 bits per heavy atom. The van der Waals surface area contributed by atoms with E-state index >= 15 is 0 Å². The summed E-state index contributed by atoms with van der Waals surface area (Å²) in [6.07, 6.45) is 3.39. The number of nitrogens with zero attached hydrogens (tertiary/aromatic N) is 3. The molecule has 0 spiro atoms. The van der Waals surface area contributed by atoms with Crippen molar-refractivity contribution in [2.24, 2.45) is 5.41 Å². The van der Waals surface area contributed by atoms with E-state index < -0.39 is 10.2 Å². The van der Waals surface area contributed by atoms with E-state index in [9.17, 15) is 8.42 Å². The largest absolute Gasteiger partial charge is 0.279 e. The summed E-state index contributed by atoms with van der Waals surface area (Å²) in [6, 6.07) is 9.67. The number of para-hydroxylation sites is 1. The molecule has 6 nitrogen and oxygen atoms in total. The highest BCUT2D eigenvalue weighted by Gasteiger charge is 2.37. The average Bonchev–Trinajstić information content (AvgIpc) is 2.90. The Kier molecular flexibility index (Phi) is 4.27. The molecule has 0 aliphatic heterocycles. The van der Waals surface area contributed by atoms with Crippen molar-refractivity contribution in [1.82, 2.24) is 18.8 Å². The minimum atomic E-state index is -3.50. The van der Waals surface area contributed by atoms with E-state index in [2.05, 4.69) is 23.7 Å². The van der Waals surface area contributed by atoms with Crippen LogP contribution in [0.5, 0.6) is 0 Å². The van der Waals surface area contributed by atoms with Gasteiger partial charge in [0.1, 0.15) is 0 Å². The minimum Gasteiger partial charge on any atom is -0.237 e. The molecule has 0 saturated heterocycles. The molecule has 2 aromatic rings. The van der Waals surface area contributed by atoms with Gasteiger partial charge >= 0.3 is 0 Å². The summed E-state index contributed by atoms with van der Waals surface area (Å²) in [4.78, 5) is 0. The van der Waals surface area contributed by atoms with Gasteiger partial charge in [-0.1, -0.05) is 32.0 Å². The van der Waals surface area contributed by atoms with Crippen LogP contribution in [0.15, 0.2) is 36.5 Å². The average molecular weight is 348 g/mol. The highest BCUT2D eigenvalue weighted by Crippen LogP contribution is 2.41. The van der Waals surface area contributed by atoms with Crippen molar-refractivity contribution in [1.29, 1.82) is 0 Å². The van der Waals surface area contributed by atoms with E-state index in [1.54, 1.807) is 6.20 Å². The van der Waals surface area contributed by atoms with Crippen molar-refractivity contribution in [3.05, 3.63) is 47.8 Å². The monoisotopic (exact) mass is 348 g/mol. The molecule has 0 bridgehead atoms. The Morgan fingerprint density at radius 3 is 2.54 bits per heavy atom. The van der Waals surface area contributed by atoms with Crippen molar-refractivity contribution in [2.75, 3.05) is 14.1 Å². The highest BCUT2D eigenvalue weighted by molar-refractivity contribution is 7.87. The first-order valence-corrected chi connectivity index (χ1v) is 9.46. The smallest absolute Gasteiger partial charge is 0.237 e. The van der Waals surface area contributed by atoms with E-state index in [1.807, 2.05) is 35.0 Å². The Balaban J connectivity index is 2.04. The molecular formula is C17H24N4O2S. The van der Waals surface area contributed by atoms with Crippen LogP contribution in [-0.2, 0) is 16.6 Å². The Hall–Kier alpha value is -1.70. The van der Waals surface area contributed by atoms with Gasteiger partial charge in [0.05, 0.1) is 17.9 Å². The predicted molar refractivity (Wildman–Crippen MR) is 94.1 cm³/mol. The van der Waals surface area contributed by atoms with Gasteiger partial charge in [0.15, 0.2) is 0 Å². The van der Waals surface area contributed by atoms with Gasteiger partial charge in [-0.3, -0.25) is 0 Å². The minimum absolute atomic E-state index is 0.0148. The second-order valence-electron chi connectivity index (χ2n) is 7.30. The van der Waals surface area contributed by atoms with Crippen LogP contribution in [-0.4, -0.2) is 36.6 Å². The van der Waals surface area contributed by atoms with Crippen LogP contribution < -0.4 is 4.72 Å². The van der Waals surface area contributed by atoms with Crippen molar-refractivity contribution >= 4 is 10.2 Å². The highest BCUT2D eigenvalue weighted by atomic mass is 32.2. The Labute approximate surface area is 143 Å². The molecule has 0 amide bonds. The lowest BCUT2D eigenvalue weighted by molar-refractivity contribution is 0.267. The van der Waals surface area contributed by atoms with Gasteiger partial charge in [-0.2, -0.15) is 22.5 Å². The zero-order valence-electron chi connectivity index (χ0n) is 14.5. The second kappa shape index (κ2) is 5.98. The first kappa shape index (κ1) is 17.1. The van der Waals surface area contributed by atoms with Gasteiger partial charge in [-0.15, -0.1) is 0 Å². The first-order valence-electron chi connectivity index (χ1n) is 8.02. The molecule has 0 saturated carbocycles. The number of benzene rings is 1. The van der Waals surface area contributed by atoms with Crippen LogP contribution in [0.1, 0.15) is 37.6 Å². The number of hydrogen-bond donors (Lipinski definition) is 1. The summed E-state index contributed by atoms with van der Waals surface area (Å²) in [5.74, 6) is 0. The SMILES string of the molecule is CN(C)S(=O)(=O)NC1CC(C)(C)Cc2c1cnn2-c1ccccc1. The standard InChI is InChI=1S/C17H24N4O2S/c1-17(2)10-15(19-24(22,23)20(3)4)14-12-18-21(16(14)11-17)13-8-6-5-7-9-13/h5-9,12,15,19H,10-11H2,1-4H3. The van der Waals surface area contributed by atoms with Gasteiger partial charge in [0.25, 0.3) is 10.2 Å². The van der Waals surface area contributed by atoms with Crippen molar-refractivity contribution in [3.8, 4) is 5.69 Å². The lowest BCUT2D eigenvalue weighted by Gasteiger charge is -2.36. The summed E-state index contributed by atoms with van der Waals surface area (Å²) in [7, 11) is -0.435.